The van der Waals surface area contributed by atoms with Crippen LogP contribution in [0, 0.1) is 0 Å². The average molecular weight is 273 g/mol. The molecule has 0 saturated heterocycles. The summed E-state index contributed by atoms with van der Waals surface area (Å²) in [6, 6.07) is 1.55. The van der Waals surface area contributed by atoms with E-state index >= 15 is 0 Å². The highest BCUT2D eigenvalue weighted by Gasteiger charge is 2.22. The zero-order valence-corrected chi connectivity index (χ0v) is 11.9. The lowest BCUT2D eigenvalue weighted by molar-refractivity contribution is 0.0588. The van der Waals surface area contributed by atoms with Crippen molar-refractivity contribution >= 4 is 23.4 Å². The summed E-state index contributed by atoms with van der Waals surface area (Å²) < 4.78 is 10.4. The second-order valence-electron chi connectivity index (χ2n) is 4.72. The molecule has 0 atom stereocenters. The fraction of sp³-hybridized carbons (Fsp3) is 0.500. The molecule has 0 aliphatic rings. The normalized spacial score (nSPS) is 11.0. The Morgan fingerprint density at radius 3 is 2.56 bits per heavy atom. The number of halogens is 1. The molecule has 0 aliphatic heterocycles. The first-order chi connectivity index (χ1) is 8.24. The van der Waals surface area contributed by atoms with Gasteiger partial charge in [0.15, 0.2) is 5.75 Å². The van der Waals surface area contributed by atoms with Crippen LogP contribution in [-0.4, -0.2) is 30.8 Å². The summed E-state index contributed by atoms with van der Waals surface area (Å²) >= 11 is 5.81. The second-order valence-corrected chi connectivity index (χ2v) is 5.11. The molecule has 1 aromatic heterocycles. The molecule has 5 nitrogen and oxygen atoms in total. The van der Waals surface area contributed by atoms with Crippen LogP contribution in [0.25, 0.3) is 0 Å². The lowest BCUT2D eigenvalue weighted by atomic mass is 10.2. The van der Waals surface area contributed by atoms with E-state index in [4.69, 9.17) is 21.1 Å². The molecule has 100 valence electrons. The quantitative estimate of drug-likeness (QED) is 0.776. The van der Waals surface area contributed by atoms with E-state index in [2.05, 4.69) is 4.98 Å². The van der Waals surface area contributed by atoms with Gasteiger partial charge in [-0.3, -0.25) is 4.90 Å². The van der Waals surface area contributed by atoms with Crippen LogP contribution < -0.4 is 9.64 Å². The van der Waals surface area contributed by atoms with Crippen LogP contribution in [0.2, 0.25) is 5.15 Å². The highest BCUT2D eigenvalue weighted by Crippen LogP contribution is 2.29. The van der Waals surface area contributed by atoms with Gasteiger partial charge >= 0.3 is 6.09 Å². The molecular formula is C12H17ClN2O3. The number of carbonyl (C=O) groups is 1. The molecule has 6 heteroatoms. The van der Waals surface area contributed by atoms with Gasteiger partial charge in [0.1, 0.15) is 10.8 Å². The van der Waals surface area contributed by atoms with Crippen molar-refractivity contribution in [1.29, 1.82) is 0 Å². The van der Waals surface area contributed by atoms with Crippen LogP contribution in [-0.2, 0) is 4.74 Å². The largest absolute Gasteiger partial charge is 0.493 e. The molecule has 18 heavy (non-hydrogen) atoms. The van der Waals surface area contributed by atoms with Crippen molar-refractivity contribution < 1.29 is 14.3 Å². The number of hydrogen-bond acceptors (Lipinski definition) is 4. The van der Waals surface area contributed by atoms with E-state index in [1.165, 1.54) is 18.2 Å². The van der Waals surface area contributed by atoms with Crippen molar-refractivity contribution in [2.45, 2.75) is 26.4 Å². The monoisotopic (exact) mass is 272 g/mol. The predicted molar refractivity (Wildman–Crippen MR) is 70.4 cm³/mol. The number of nitrogens with zero attached hydrogens (tertiary/aromatic N) is 2. The van der Waals surface area contributed by atoms with Crippen molar-refractivity contribution in [3.05, 3.63) is 17.4 Å². The Kier molecular flexibility index (Phi) is 4.40. The minimum absolute atomic E-state index is 0.279. The number of amides is 1. The minimum atomic E-state index is -0.560. The summed E-state index contributed by atoms with van der Waals surface area (Å²) in [6.45, 7) is 5.40. The molecule has 1 amide bonds. The minimum Gasteiger partial charge on any atom is -0.493 e. The molecule has 0 aliphatic carbocycles. The summed E-state index contributed by atoms with van der Waals surface area (Å²) in [6.07, 6.45) is 0.974. The zero-order chi connectivity index (χ0) is 13.9. The molecular weight excluding hydrogens is 256 g/mol. The van der Waals surface area contributed by atoms with Gasteiger partial charge < -0.3 is 9.47 Å². The molecule has 1 aromatic rings. The van der Waals surface area contributed by atoms with Gasteiger partial charge in [-0.05, 0) is 20.8 Å². The number of methoxy groups -OCH3 is 1. The van der Waals surface area contributed by atoms with E-state index in [1.807, 2.05) is 0 Å². The molecule has 0 unspecified atom stereocenters. The molecule has 1 rings (SSSR count). The van der Waals surface area contributed by atoms with Crippen LogP contribution in [0.1, 0.15) is 20.8 Å². The van der Waals surface area contributed by atoms with Crippen molar-refractivity contribution in [2.24, 2.45) is 0 Å². The number of anilines is 1. The van der Waals surface area contributed by atoms with Crippen LogP contribution in [0.5, 0.6) is 5.75 Å². The number of hydrogen-bond donors (Lipinski definition) is 0. The van der Waals surface area contributed by atoms with Gasteiger partial charge in [-0.1, -0.05) is 11.6 Å². The van der Waals surface area contributed by atoms with Gasteiger partial charge in [0.05, 0.1) is 19.0 Å². The van der Waals surface area contributed by atoms with Gasteiger partial charge in [-0.15, -0.1) is 0 Å². The lowest BCUT2D eigenvalue weighted by Crippen LogP contribution is -2.34. The summed E-state index contributed by atoms with van der Waals surface area (Å²) in [4.78, 5) is 17.1. The summed E-state index contributed by atoms with van der Waals surface area (Å²) in [5.41, 5.74) is -0.0539. The first kappa shape index (κ1) is 14.6. The van der Waals surface area contributed by atoms with Gasteiger partial charge in [0.2, 0.25) is 0 Å². The molecule has 0 N–H and O–H groups in total. The van der Waals surface area contributed by atoms with Crippen molar-refractivity contribution in [3.8, 4) is 5.75 Å². The molecule has 0 radical (unpaired) electrons. The Bertz CT molecular complexity index is 443. The van der Waals surface area contributed by atoms with Crippen molar-refractivity contribution in [2.75, 3.05) is 19.1 Å². The number of aromatic nitrogens is 1. The SMILES string of the molecule is COc1cnc(Cl)cc1N(C)C(=O)OC(C)(C)C. The average Bonchev–Trinajstić information content (AvgIpc) is 2.25. The number of ether oxygens (including phenoxy) is 2. The van der Waals surface area contributed by atoms with Crippen LogP contribution in [0.15, 0.2) is 12.3 Å². The molecule has 0 aromatic carbocycles. The highest BCUT2D eigenvalue weighted by molar-refractivity contribution is 6.29. The van der Waals surface area contributed by atoms with E-state index in [9.17, 15) is 4.79 Å². The summed E-state index contributed by atoms with van der Waals surface area (Å²) in [5, 5.41) is 0.279. The van der Waals surface area contributed by atoms with Crippen LogP contribution >= 0.6 is 11.6 Å². The van der Waals surface area contributed by atoms with E-state index < -0.39 is 11.7 Å². The Hall–Kier alpha value is -1.49. The molecule has 0 fully saturated rings. The van der Waals surface area contributed by atoms with E-state index in [0.717, 1.165) is 0 Å². The highest BCUT2D eigenvalue weighted by atomic mass is 35.5. The maximum atomic E-state index is 11.9. The fourth-order valence-electron chi connectivity index (χ4n) is 1.26. The summed E-state index contributed by atoms with van der Waals surface area (Å²) in [5.74, 6) is 0.452. The first-order valence-electron chi connectivity index (χ1n) is 5.41. The van der Waals surface area contributed by atoms with Gasteiger partial charge in [0.25, 0.3) is 0 Å². The lowest BCUT2D eigenvalue weighted by Gasteiger charge is -2.25. The van der Waals surface area contributed by atoms with Gasteiger partial charge in [-0.25, -0.2) is 9.78 Å². The maximum absolute atomic E-state index is 11.9. The van der Waals surface area contributed by atoms with Gasteiger partial charge in [-0.2, -0.15) is 0 Å². The Morgan fingerprint density at radius 2 is 2.06 bits per heavy atom. The van der Waals surface area contributed by atoms with E-state index in [0.29, 0.717) is 11.4 Å². The van der Waals surface area contributed by atoms with Crippen LogP contribution in [0.4, 0.5) is 10.5 Å². The van der Waals surface area contributed by atoms with Crippen molar-refractivity contribution in [3.63, 3.8) is 0 Å². The standard InChI is InChI=1S/C12H17ClN2O3/c1-12(2,3)18-11(16)15(4)8-6-10(13)14-7-9(8)17-5/h6-7H,1-5H3. The number of pyridine rings is 1. The second kappa shape index (κ2) is 5.44. The molecule has 0 spiro atoms. The third kappa shape index (κ3) is 3.77. The maximum Gasteiger partial charge on any atom is 0.414 e. The molecule has 0 bridgehead atoms. The van der Waals surface area contributed by atoms with Crippen LogP contribution in [0.3, 0.4) is 0 Å². The predicted octanol–water partition coefficient (Wildman–Crippen LogP) is 3.11. The Balaban J connectivity index is 2.99. The van der Waals surface area contributed by atoms with E-state index in [-0.39, 0.29) is 5.15 Å². The summed E-state index contributed by atoms with van der Waals surface area (Å²) in [7, 11) is 3.08. The topological polar surface area (TPSA) is 51.7 Å². The fourth-order valence-corrected chi connectivity index (χ4v) is 1.41. The smallest absolute Gasteiger partial charge is 0.414 e. The molecule has 1 heterocycles. The Labute approximate surface area is 112 Å². The van der Waals surface area contributed by atoms with Crippen molar-refractivity contribution in [1.82, 2.24) is 4.98 Å². The Morgan fingerprint density at radius 1 is 1.44 bits per heavy atom. The van der Waals surface area contributed by atoms with E-state index in [1.54, 1.807) is 33.9 Å². The first-order valence-corrected chi connectivity index (χ1v) is 5.78. The third-order valence-electron chi connectivity index (χ3n) is 2.06. The third-order valence-corrected chi connectivity index (χ3v) is 2.27. The molecule has 0 saturated carbocycles. The van der Waals surface area contributed by atoms with Gasteiger partial charge in [0, 0.05) is 13.1 Å². The number of rotatable bonds is 2. The number of carbonyl (C=O) groups excluding carboxylic acids is 1. The zero-order valence-electron chi connectivity index (χ0n) is 11.2.